The second-order valence-corrected chi connectivity index (χ2v) is 11.4. The zero-order chi connectivity index (χ0) is 31.2. The van der Waals surface area contributed by atoms with Gasteiger partial charge in [-0.15, -0.1) is 0 Å². The Morgan fingerprint density at radius 1 is 1.09 bits per heavy atom. The first kappa shape index (κ1) is 29.1. The Morgan fingerprint density at radius 3 is 2.55 bits per heavy atom. The van der Waals surface area contributed by atoms with Crippen LogP contribution in [0.2, 0.25) is 0 Å². The minimum atomic E-state index is -1.25. The molecule has 0 unspecified atom stereocenters. The number of methoxy groups -OCH3 is 1. The third-order valence-electron chi connectivity index (χ3n) is 8.57. The van der Waals surface area contributed by atoms with Crippen molar-refractivity contribution in [3.05, 3.63) is 65.4 Å². The van der Waals surface area contributed by atoms with Gasteiger partial charge < -0.3 is 34.7 Å². The predicted molar refractivity (Wildman–Crippen MR) is 155 cm³/mol. The number of carbonyl (C=O) groups excluding carboxylic acids is 1. The molecule has 2 saturated carbocycles. The van der Waals surface area contributed by atoms with Crippen molar-refractivity contribution in [1.82, 2.24) is 9.88 Å². The fourth-order valence-corrected chi connectivity index (χ4v) is 6.27. The molecule has 3 aliphatic rings. The van der Waals surface area contributed by atoms with E-state index >= 15 is 4.39 Å². The number of hydrogen-bond acceptors (Lipinski definition) is 10. The van der Waals surface area contributed by atoms with Gasteiger partial charge in [0.1, 0.15) is 28.8 Å². The highest BCUT2D eigenvalue weighted by molar-refractivity contribution is 6.02. The monoisotopic (exact) mass is 607 g/mol. The van der Waals surface area contributed by atoms with E-state index in [2.05, 4.69) is 9.98 Å². The lowest BCUT2D eigenvalue weighted by molar-refractivity contribution is -0.152. The van der Waals surface area contributed by atoms with Gasteiger partial charge in [-0.25, -0.2) is 9.37 Å². The molecule has 0 saturated heterocycles. The Labute approximate surface area is 251 Å². The van der Waals surface area contributed by atoms with E-state index in [1.807, 2.05) is 11.9 Å². The molecule has 2 bridgehead atoms. The summed E-state index contributed by atoms with van der Waals surface area (Å²) in [4.78, 5) is 22.6. The average molecular weight is 608 g/mol. The third kappa shape index (κ3) is 5.12. The summed E-state index contributed by atoms with van der Waals surface area (Å²) in [6, 6.07) is 8.78. The fourth-order valence-electron chi connectivity index (χ4n) is 6.27. The number of amidine groups is 2. The maximum absolute atomic E-state index is 15.7. The molecule has 6 rings (SSSR count). The second kappa shape index (κ2) is 11.0. The Morgan fingerprint density at radius 2 is 1.86 bits per heavy atom. The first-order chi connectivity index (χ1) is 21.0. The molecular formula is C31H31F2N5O6. The topological polar surface area (TPSA) is 153 Å². The number of halogens is 2. The van der Waals surface area contributed by atoms with E-state index < -0.39 is 34.3 Å². The Balaban J connectivity index is 1.31. The van der Waals surface area contributed by atoms with E-state index in [0.29, 0.717) is 62.3 Å². The van der Waals surface area contributed by atoms with E-state index in [4.69, 9.17) is 30.1 Å². The van der Waals surface area contributed by atoms with E-state index in [-0.39, 0.29) is 34.6 Å². The van der Waals surface area contributed by atoms with Gasteiger partial charge in [0.25, 0.3) is 5.88 Å². The first-order valence-electron chi connectivity index (χ1n) is 14.1. The zero-order valence-electron chi connectivity index (χ0n) is 24.2. The SMILES string of the molecule is COC(=O)C12CCC(Oc3ccc(Oc4c(F)cnc(Oc5cc(C(=N)N)ccc5O)c4F)c(C4=NCCN4C)c3)(CC1)C2. The highest BCUT2D eigenvalue weighted by Crippen LogP contribution is 2.58. The minimum Gasteiger partial charge on any atom is -0.504 e. The number of aromatic hydroxyl groups is 1. The number of aliphatic imine (C=N–C) groups is 1. The first-order valence-corrected chi connectivity index (χ1v) is 14.1. The molecule has 230 valence electrons. The average Bonchev–Trinajstić information content (AvgIpc) is 3.71. The van der Waals surface area contributed by atoms with Gasteiger partial charge in [-0.2, -0.15) is 4.39 Å². The smallest absolute Gasteiger partial charge is 0.311 e. The Bertz CT molecular complexity index is 1690. The van der Waals surface area contributed by atoms with Gasteiger partial charge in [-0.1, -0.05) is 0 Å². The number of hydrogen-bond donors (Lipinski definition) is 3. The van der Waals surface area contributed by atoms with Crippen molar-refractivity contribution in [2.75, 3.05) is 27.2 Å². The van der Waals surface area contributed by atoms with Crippen molar-refractivity contribution in [3.63, 3.8) is 0 Å². The van der Waals surface area contributed by atoms with Crippen molar-refractivity contribution >= 4 is 17.6 Å². The van der Waals surface area contributed by atoms with Crippen LogP contribution >= 0.6 is 0 Å². The van der Waals surface area contributed by atoms with Gasteiger partial charge in [-0.05, 0) is 62.1 Å². The number of nitrogen functional groups attached to an aromatic ring is 1. The molecule has 0 radical (unpaired) electrons. The number of esters is 1. The summed E-state index contributed by atoms with van der Waals surface area (Å²) in [7, 11) is 3.25. The second-order valence-electron chi connectivity index (χ2n) is 11.4. The van der Waals surface area contributed by atoms with Crippen molar-refractivity contribution < 1.29 is 37.6 Å². The third-order valence-corrected chi connectivity index (χ3v) is 8.57. The molecule has 44 heavy (non-hydrogen) atoms. The largest absolute Gasteiger partial charge is 0.504 e. The molecule has 11 nitrogen and oxygen atoms in total. The molecule has 0 amide bonds. The van der Waals surface area contributed by atoms with Crippen LogP contribution in [0.25, 0.3) is 0 Å². The van der Waals surface area contributed by atoms with Crippen LogP contribution in [0.1, 0.15) is 43.2 Å². The molecule has 2 aromatic carbocycles. The van der Waals surface area contributed by atoms with Gasteiger partial charge in [0.05, 0.1) is 30.8 Å². The number of nitrogens with one attached hydrogen (secondary N) is 1. The number of pyridine rings is 1. The van der Waals surface area contributed by atoms with E-state index in [1.165, 1.54) is 25.3 Å². The van der Waals surface area contributed by atoms with Crippen molar-refractivity contribution in [1.29, 1.82) is 5.41 Å². The highest BCUT2D eigenvalue weighted by Gasteiger charge is 2.60. The molecule has 2 fully saturated rings. The van der Waals surface area contributed by atoms with Gasteiger partial charge in [0, 0.05) is 25.6 Å². The van der Waals surface area contributed by atoms with Crippen molar-refractivity contribution in [3.8, 4) is 34.6 Å². The highest BCUT2D eigenvalue weighted by atomic mass is 19.1. The van der Waals surface area contributed by atoms with E-state index in [1.54, 1.807) is 18.2 Å². The number of ether oxygens (including phenoxy) is 4. The minimum absolute atomic E-state index is 0.112. The van der Waals surface area contributed by atoms with Crippen molar-refractivity contribution in [2.24, 2.45) is 16.1 Å². The summed E-state index contributed by atoms with van der Waals surface area (Å²) in [5.41, 5.74) is 5.13. The van der Waals surface area contributed by atoms with Gasteiger partial charge in [0.2, 0.25) is 11.6 Å². The Kier molecular flexibility index (Phi) is 7.26. The normalized spacial score (nSPS) is 22.1. The number of nitrogens with zero attached hydrogens (tertiary/aromatic N) is 3. The number of phenolic OH excluding ortho intramolecular Hbond substituents is 1. The number of fused-ring (bicyclic) bond motifs is 2. The molecule has 4 N–H and O–H groups in total. The summed E-state index contributed by atoms with van der Waals surface area (Å²) < 4.78 is 53.5. The number of aromatic nitrogens is 1. The molecule has 0 spiro atoms. The van der Waals surface area contributed by atoms with Gasteiger partial charge >= 0.3 is 5.97 Å². The summed E-state index contributed by atoms with van der Waals surface area (Å²) in [5.74, 6) is -3.70. The lowest BCUT2D eigenvalue weighted by Crippen LogP contribution is -2.30. The van der Waals surface area contributed by atoms with Gasteiger partial charge in [0.15, 0.2) is 17.3 Å². The lowest BCUT2D eigenvalue weighted by Gasteiger charge is -2.29. The van der Waals surface area contributed by atoms with Crippen LogP contribution in [0.5, 0.6) is 34.6 Å². The maximum atomic E-state index is 15.7. The number of likely N-dealkylation sites (N-methyl/N-ethyl adjacent to an activating group) is 1. The molecule has 2 aliphatic carbocycles. The lowest BCUT2D eigenvalue weighted by atomic mass is 9.84. The molecule has 13 heteroatoms. The molecular weight excluding hydrogens is 576 g/mol. The zero-order valence-corrected chi connectivity index (χ0v) is 24.2. The van der Waals surface area contributed by atoms with Crippen molar-refractivity contribution in [2.45, 2.75) is 37.7 Å². The van der Waals surface area contributed by atoms with Crippen LogP contribution in [0, 0.1) is 22.5 Å². The summed E-state index contributed by atoms with van der Waals surface area (Å²) in [5, 5.41) is 17.8. The fraction of sp³-hybridized carbons (Fsp3) is 0.355. The summed E-state index contributed by atoms with van der Waals surface area (Å²) in [6.07, 6.45) is 4.08. The number of rotatable bonds is 9. The van der Waals surface area contributed by atoms with Crippen LogP contribution in [0.3, 0.4) is 0 Å². The Hall–Kier alpha value is -4.94. The van der Waals surface area contributed by atoms with Crippen LogP contribution in [0.4, 0.5) is 8.78 Å². The molecule has 3 aromatic rings. The van der Waals surface area contributed by atoms with E-state index in [9.17, 15) is 14.3 Å². The quantitative estimate of drug-likeness (QED) is 0.176. The molecule has 1 aliphatic heterocycles. The number of nitrogens with two attached hydrogens (primary N) is 1. The van der Waals surface area contributed by atoms with Crippen LogP contribution in [0.15, 0.2) is 47.6 Å². The van der Waals surface area contributed by atoms with Gasteiger partial charge in [-0.3, -0.25) is 15.2 Å². The maximum Gasteiger partial charge on any atom is 0.311 e. The van der Waals surface area contributed by atoms with Crippen LogP contribution < -0.4 is 19.9 Å². The van der Waals surface area contributed by atoms with E-state index in [0.717, 1.165) is 6.20 Å². The van der Waals surface area contributed by atoms with Crippen LogP contribution in [-0.4, -0.2) is 65.5 Å². The number of phenols is 1. The predicted octanol–water partition coefficient (Wildman–Crippen LogP) is 4.88. The summed E-state index contributed by atoms with van der Waals surface area (Å²) >= 11 is 0. The number of benzene rings is 2. The summed E-state index contributed by atoms with van der Waals surface area (Å²) in [6.45, 7) is 1.17. The standard InChI is InChI=1S/C31H31F2N5O6/c1-38-12-11-36-27(38)19-14-18(44-31-9-7-30(16-31,8-10-31)29(40)41-2)4-6-22(19)42-25-20(32)15-37-28(24(25)33)43-23-13-17(26(34)35)3-5-21(23)39/h3-6,13-15,39H,7-12,16H2,1-2H3,(H3,34,35). The molecule has 0 atom stereocenters. The van der Waals surface area contributed by atoms with Crippen LogP contribution in [-0.2, 0) is 9.53 Å². The molecule has 1 aromatic heterocycles. The molecule has 2 heterocycles. The number of carbonyl (C=O) groups is 1.